The third kappa shape index (κ3) is 5.88. The summed E-state index contributed by atoms with van der Waals surface area (Å²) in [4.78, 5) is 10.2. The van der Waals surface area contributed by atoms with Crippen LogP contribution in [0.1, 0.15) is 0 Å². The Morgan fingerprint density at radius 1 is 1.67 bits per heavy atom. The van der Waals surface area contributed by atoms with Crippen molar-refractivity contribution in [3.63, 3.8) is 0 Å². The van der Waals surface area contributed by atoms with Gasteiger partial charge in [-0.3, -0.25) is 0 Å². The van der Waals surface area contributed by atoms with Gasteiger partial charge in [-0.25, -0.2) is 4.79 Å². The molecule has 0 unspecified atom stereocenters. The normalized spacial score (nSPS) is 9.17. The summed E-state index contributed by atoms with van der Waals surface area (Å²) in [5.74, 6) is 1.79. The van der Waals surface area contributed by atoms with Crippen LogP contribution in [-0.4, -0.2) is 43.9 Å². The van der Waals surface area contributed by atoms with Crippen molar-refractivity contribution in [2.45, 2.75) is 0 Å². The van der Waals surface area contributed by atoms with Gasteiger partial charge in [0.1, 0.15) is 6.61 Å². The maximum Gasteiger partial charge on any atom is 0.193 e. The topological polar surface area (TPSA) is 84.6 Å². The summed E-state index contributed by atoms with van der Waals surface area (Å²) in [6, 6.07) is 0. The van der Waals surface area contributed by atoms with Gasteiger partial charge in [-0.15, -0.1) is 0 Å². The first-order valence-corrected chi connectivity index (χ1v) is 3.73. The fraction of sp³-hybridized carbons (Fsp3) is 0.714. The molecule has 0 spiro atoms. The summed E-state index contributed by atoms with van der Waals surface area (Å²) >= 11 is 0. The van der Waals surface area contributed by atoms with Crippen LogP contribution >= 0.6 is 0 Å². The quantitative estimate of drug-likeness (QED) is 0.242. The van der Waals surface area contributed by atoms with Crippen molar-refractivity contribution in [1.82, 2.24) is 5.32 Å². The average Bonchev–Trinajstić information content (AvgIpc) is 2.11. The molecule has 0 aromatic heterocycles. The predicted molar refractivity (Wildman–Crippen MR) is 44.2 cm³/mol. The lowest BCUT2D eigenvalue weighted by molar-refractivity contribution is 0.143. The second-order valence-corrected chi connectivity index (χ2v) is 2.06. The van der Waals surface area contributed by atoms with E-state index in [0.717, 1.165) is 0 Å². The summed E-state index contributed by atoms with van der Waals surface area (Å²) in [6.45, 7) is 1.44. The van der Waals surface area contributed by atoms with E-state index in [1.165, 1.54) is 0 Å². The fourth-order valence-corrected chi connectivity index (χ4v) is 0.589. The molecule has 0 bridgehead atoms. The maximum absolute atomic E-state index is 10.2. The fourth-order valence-electron chi connectivity index (χ4n) is 0.589. The lowest BCUT2D eigenvalue weighted by Gasteiger charge is -2.05. The van der Waals surface area contributed by atoms with Gasteiger partial charge in [0.25, 0.3) is 0 Å². The molecule has 70 valence electrons. The van der Waals surface area contributed by atoms with Crippen molar-refractivity contribution in [3.8, 4) is 0 Å². The van der Waals surface area contributed by atoms with E-state index < -0.39 is 0 Å². The molecule has 0 radical (unpaired) electrons. The Morgan fingerprint density at radius 3 is 2.92 bits per heavy atom. The smallest absolute Gasteiger partial charge is 0.193 e. The molecule has 0 atom stereocenters. The molecule has 0 fully saturated rings. The highest BCUT2D eigenvalue weighted by molar-refractivity contribution is 5.49. The number of carbonyl (C=O) groups excluding carboxylic acids is 1. The van der Waals surface area contributed by atoms with Crippen molar-refractivity contribution in [2.75, 3.05) is 32.8 Å². The van der Waals surface area contributed by atoms with Crippen LogP contribution in [0.4, 0.5) is 0 Å². The first-order chi connectivity index (χ1) is 5.85. The van der Waals surface area contributed by atoms with E-state index in [1.54, 1.807) is 5.94 Å². The Hall–Kier alpha value is -0.870. The molecule has 0 aliphatic heterocycles. The standard InChI is InChI=1S/C7H14N2O3/c8-1-2-9-5-7(6-11)12-4-3-10/h9-10H,1-5,8H2. The molecule has 4 N–H and O–H groups in total. The van der Waals surface area contributed by atoms with E-state index in [2.05, 4.69) is 5.32 Å². The Bertz CT molecular complexity index is 155. The maximum atomic E-state index is 10.2. The third-order valence-electron chi connectivity index (χ3n) is 1.09. The Morgan fingerprint density at radius 2 is 2.42 bits per heavy atom. The third-order valence-corrected chi connectivity index (χ3v) is 1.09. The highest BCUT2D eigenvalue weighted by atomic mass is 16.5. The molecule has 0 aliphatic carbocycles. The van der Waals surface area contributed by atoms with Gasteiger partial charge < -0.3 is 20.9 Å². The van der Waals surface area contributed by atoms with Crippen molar-refractivity contribution in [3.05, 3.63) is 5.76 Å². The summed E-state index contributed by atoms with van der Waals surface area (Å²) in [7, 11) is 0. The van der Waals surface area contributed by atoms with Crippen LogP contribution in [0.3, 0.4) is 0 Å². The molecule has 0 saturated carbocycles. The first kappa shape index (κ1) is 11.1. The minimum Gasteiger partial charge on any atom is -0.483 e. The molecular weight excluding hydrogens is 160 g/mol. The number of rotatable bonds is 7. The van der Waals surface area contributed by atoms with E-state index in [4.69, 9.17) is 15.6 Å². The van der Waals surface area contributed by atoms with Crippen LogP contribution in [0.2, 0.25) is 0 Å². The van der Waals surface area contributed by atoms with Gasteiger partial charge in [0.15, 0.2) is 11.7 Å². The molecular formula is C7H14N2O3. The van der Waals surface area contributed by atoms with E-state index in [0.29, 0.717) is 19.6 Å². The molecule has 0 saturated heterocycles. The van der Waals surface area contributed by atoms with Crippen LogP contribution in [0.25, 0.3) is 0 Å². The number of nitrogens with one attached hydrogen (secondary N) is 1. The number of aliphatic hydroxyl groups is 1. The summed E-state index contributed by atoms with van der Waals surface area (Å²) in [5.41, 5.74) is 5.21. The van der Waals surface area contributed by atoms with Gasteiger partial charge in [-0.05, 0) is 0 Å². The second-order valence-electron chi connectivity index (χ2n) is 2.06. The van der Waals surface area contributed by atoms with Crippen molar-refractivity contribution < 1.29 is 14.6 Å². The van der Waals surface area contributed by atoms with Crippen LogP contribution < -0.4 is 11.1 Å². The van der Waals surface area contributed by atoms with Crippen LogP contribution in [0.15, 0.2) is 5.76 Å². The molecule has 0 heterocycles. The Balaban J connectivity index is 3.48. The Kier molecular flexibility index (Phi) is 7.63. The van der Waals surface area contributed by atoms with Gasteiger partial charge in [-0.1, -0.05) is 0 Å². The van der Waals surface area contributed by atoms with Crippen molar-refractivity contribution in [1.29, 1.82) is 0 Å². The summed E-state index contributed by atoms with van der Waals surface area (Å²) < 4.78 is 4.83. The number of hydrogen-bond acceptors (Lipinski definition) is 5. The van der Waals surface area contributed by atoms with Gasteiger partial charge in [0.2, 0.25) is 0 Å². The zero-order valence-corrected chi connectivity index (χ0v) is 6.88. The second kappa shape index (κ2) is 8.23. The number of nitrogens with two attached hydrogens (primary N) is 1. The van der Waals surface area contributed by atoms with Crippen molar-refractivity contribution in [2.24, 2.45) is 5.73 Å². The van der Waals surface area contributed by atoms with E-state index in [9.17, 15) is 4.79 Å². The number of ether oxygens (including phenoxy) is 1. The highest BCUT2D eigenvalue weighted by Gasteiger charge is 1.97. The molecule has 0 rings (SSSR count). The number of hydrogen-bond donors (Lipinski definition) is 3. The summed E-state index contributed by atoms with van der Waals surface area (Å²) in [5, 5.41) is 11.2. The minimum atomic E-state index is -0.109. The minimum absolute atomic E-state index is 0.109. The highest BCUT2D eigenvalue weighted by Crippen LogP contribution is 1.87. The van der Waals surface area contributed by atoms with Gasteiger partial charge in [-0.2, -0.15) is 0 Å². The van der Waals surface area contributed by atoms with Crippen LogP contribution in [0.5, 0.6) is 0 Å². The number of aliphatic hydroxyl groups excluding tert-OH is 1. The first-order valence-electron chi connectivity index (χ1n) is 3.73. The van der Waals surface area contributed by atoms with E-state index >= 15 is 0 Å². The van der Waals surface area contributed by atoms with Crippen molar-refractivity contribution >= 4 is 5.94 Å². The lowest BCUT2D eigenvalue weighted by atomic mass is 10.5. The monoisotopic (exact) mass is 174 g/mol. The largest absolute Gasteiger partial charge is 0.483 e. The zero-order chi connectivity index (χ0) is 9.23. The SMILES string of the molecule is NCCNCC(=C=O)OCCO. The molecule has 0 aromatic rings. The zero-order valence-electron chi connectivity index (χ0n) is 6.88. The Labute approximate surface area is 71.2 Å². The van der Waals surface area contributed by atoms with Crippen LogP contribution in [-0.2, 0) is 9.53 Å². The predicted octanol–water partition coefficient (Wildman–Crippen LogP) is -1.74. The molecule has 0 aliphatic rings. The van der Waals surface area contributed by atoms with Crippen LogP contribution in [0, 0.1) is 0 Å². The van der Waals surface area contributed by atoms with Gasteiger partial charge in [0.05, 0.1) is 13.2 Å². The average molecular weight is 174 g/mol. The van der Waals surface area contributed by atoms with E-state index in [1.807, 2.05) is 0 Å². The van der Waals surface area contributed by atoms with E-state index in [-0.39, 0.29) is 19.0 Å². The summed E-state index contributed by atoms with van der Waals surface area (Å²) in [6.07, 6.45) is 0. The molecule has 0 amide bonds. The molecule has 0 aromatic carbocycles. The van der Waals surface area contributed by atoms with Gasteiger partial charge >= 0.3 is 0 Å². The van der Waals surface area contributed by atoms with Gasteiger partial charge in [0, 0.05) is 13.1 Å². The molecule has 5 nitrogen and oxygen atoms in total. The molecule has 12 heavy (non-hydrogen) atoms. The lowest BCUT2D eigenvalue weighted by Crippen LogP contribution is -2.25. The molecule has 5 heteroatoms.